The molecule has 0 spiro atoms. The lowest BCUT2D eigenvalue weighted by Gasteiger charge is -2.13. The number of H-pyrrole nitrogens is 1. The van der Waals surface area contributed by atoms with Crippen LogP contribution in [0.25, 0.3) is 0 Å². The third-order valence-electron chi connectivity index (χ3n) is 2.28. The topological polar surface area (TPSA) is 95.2 Å². The Bertz CT molecular complexity index is 349. The number of nitrogen functional groups attached to an aromatic ring is 1. The number of aromatic amines is 1. The Labute approximate surface area is 80.7 Å². The standard InChI is InChI=1S/C8H12N4O2/c9-7-3-6(10-11-7)8(14)12-2-1-5(13)4-12/h3,5,13H,1-2,4H2,(H3,9,10,11)/t5-/m1/s1. The molecular formula is C8H12N4O2. The van der Waals surface area contributed by atoms with E-state index in [1.807, 2.05) is 0 Å². The van der Waals surface area contributed by atoms with Crippen LogP contribution in [0.5, 0.6) is 0 Å². The van der Waals surface area contributed by atoms with Gasteiger partial charge in [0.1, 0.15) is 11.5 Å². The van der Waals surface area contributed by atoms with Gasteiger partial charge in [0, 0.05) is 19.2 Å². The zero-order valence-corrected chi connectivity index (χ0v) is 7.60. The zero-order chi connectivity index (χ0) is 10.1. The van der Waals surface area contributed by atoms with Crippen LogP contribution >= 0.6 is 0 Å². The highest BCUT2D eigenvalue weighted by Gasteiger charge is 2.26. The van der Waals surface area contributed by atoms with Crippen molar-refractivity contribution in [3.05, 3.63) is 11.8 Å². The van der Waals surface area contributed by atoms with Crippen LogP contribution < -0.4 is 5.73 Å². The number of nitrogens with two attached hydrogens (primary N) is 1. The van der Waals surface area contributed by atoms with Gasteiger partial charge in [-0.1, -0.05) is 0 Å². The highest BCUT2D eigenvalue weighted by atomic mass is 16.3. The first-order valence-electron chi connectivity index (χ1n) is 4.45. The van der Waals surface area contributed by atoms with E-state index in [0.717, 1.165) is 0 Å². The average molecular weight is 196 g/mol. The lowest BCUT2D eigenvalue weighted by Crippen LogP contribution is -2.29. The maximum absolute atomic E-state index is 11.7. The fraction of sp³-hybridized carbons (Fsp3) is 0.500. The molecule has 1 amide bonds. The summed E-state index contributed by atoms with van der Waals surface area (Å²) in [6.45, 7) is 0.969. The molecule has 14 heavy (non-hydrogen) atoms. The largest absolute Gasteiger partial charge is 0.391 e. The van der Waals surface area contributed by atoms with Gasteiger partial charge in [0.15, 0.2) is 0 Å². The number of carbonyl (C=O) groups is 1. The number of aromatic nitrogens is 2. The minimum atomic E-state index is -0.404. The van der Waals surface area contributed by atoms with E-state index >= 15 is 0 Å². The third kappa shape index (κ3) is 1.56. The Morgan fingerprint density at radius 2 is 2.57 bits per heavy atom. The van der Waals surface area contributed by atoms with E-state index in [1.165, 1.54) is 6.07 Å². The molecule has 1 aromatic rings. The van der Waals surface area contributed by atoms with Crippen LogP contribution in [-0.4, -0.2) is 45.3 Å². The summed E-state index contributed by atoms with van der Waals surface area (Å²) in [6, 6.07) is 1.49. The fourth-order valence-electron chi connectivity index (χ4n) is 1.54. The Morgan fingerprint density at radius 1 is 1.79 bits per heavy atom. The minimum absolute atomic E-state index is 0.161. The number of aliphatic hydroxyl groups is 1. The summed E-state index contributed by atoms with van der Waals surface area (Å²) >= 11 is 0. The Morgan fingerprint density at radius 3 is 3.07 bits per heavy atom. The molecule has 2 rings (SSSR count). The summed E-state index contributed by atoms with van der Waals surface area (Å²) in [4.78, 5) is 13.3. The second-order valence-electron chi connectivity index (χ2n) is 3.40. The maximum Gasteiger partial charge on any atom is 0.272 e. The molecule has 0 unspecified atom stereocenters. The first-order valence-corrected chi connectivity index (χ1v) is 4.45. The van der Waals surface area contributed by atoms with E-state index in [2.05, 4.69) is 10.2 Å². The van der Waals surface area contributed by atoms with Gasteiger partial charge in [-0.25, -0.2) is 0 Å². The van der Waals surface area contributed by atoms with Crippen LogP contribution in [0.4, 0.5) is 5.82 Å². The Hall–Kier alpha value is -1.56. The molecule has 1 aliphatic heterocycles. The smallest absolute Gasteiger partial charge is 0.272 e. The molecule has 0 aromatic carbocycles. The average Bonchev–Trinajstić information content (AvgIpc) is 2.73. The molecule has 6 nitrogen and oxygen atoms in total. The molecule has 1 aromatic heterocycles. The molecule has 2 heterocycles. The summed E-state index contributed by atoms with van der Waals surface area (Å²) in [5.74, 6) is 0.138. The summed E-state index contributed by atoms with van der Waals surface area (Å²) in [5, 5.41) is 15.5. The number of nitrogens with one attached hydrogen (secondary N) is 1. The molecule has 1 fully saturated rings. The molecule has 0 bridgehead atoms. The van der Waals surface area contributed by atoms with Crippen molar-refractivity contribution in [1.82, 2.24) is 15.1 Å². The van der Waals surface area contributed by atoms with Crippen LogP contribution in [-0.2, 0) is 0 Å². The van der Waals surface area contributed by atoms with E-state index in [9.17, 15) is 9.90 Å². The number of hydrogen-bond donors (Lipinski definition) is 3. The molecule has 1 aliphatic rings. The van der Waals surface area contributed by atoms with E-state index in [-0.39, 0.29) is 5.91 Å². The van der Waals surface area contributed by atoms with Crippen LogP contribution in [0.3, 0.4) is 0 Å². The number of carbonyl (C=O) groups excluding carboxylic acids is 1. The van der Waals surface area contributed by atoms with E-state index < -0.39 is 6.10 Å². The van der Waals surface area contributed by atoms with E-state index in [1.54, 1.807) is 4.90 Å². The van der Waals surface area contributed by atoms with Crippen LogP contribution in [0.2, 0.25) is 0 Å². The molecule has 1 saturated heterocycles. The predicted molar refractivity (Wildman–Crippen MR) is 49.5 cm³/mol. The van der Waals surface area contributed by atoms with Gasteiger partial charge in [-0.3, -0.25) is 9.89 Å². The number of hydrogen-bond acceptors (Lipinski definition) is 4. The van der Waals surface area contributed by atoms with Crippen LogP contribution in [0.1, 0.15) is 16.9 Å². The third-order valence-corrected chi connectivity index (χ3v) is 2.28. The fourth-order valence-corrected chi connectivity index (χ4v) is 1.54. The lowest BCUT2D eigenvalue weighted by molar-refractivity contribution is 0.0759. The lowest BCUT2D eigenvalue weighted by atomic mass is 10.3. The molecule has 0 aliphatic carbocycles. The maximum atomic E-state index is 11.7. The number of rotatable bonds is 1. The van der Waals surface area contributed by atoms with Gasteiger partial charge in [-0.05, 0) is 6.42 Å². The minimum Gasteiger partial charge on any atom is -0.391 e. The first-order chi connectivity index (χ1) is 6.66. The van der Waals surface area contributed by atoms with Gasteiger partial charge >= 0.3 is 0 Å². The van der Waals surface area contributed by atoms with Crippen molar-refractivity contribution in [3.63, 3.8) is 0 Å². The second-order valence-corrected chi connectivity index (χ2v) is 3.40. The second kappa shape index (κ2) is 3.30. The quantitative estimate of drug-likeness (QED) is 0.548. The normalized spacial score (nSPS) is 21.5. The van der Waals surface area contributed by atoms with Gasteiger partial charge in [-0.2, -0.15) is 5.10 Å². The Balaban J connectivity index is 2.09. The van der Waals surface area contributed by atoms with Crippen molar-refractivity contribution in [2.75, 3.05) is 18.8 Å². The highest BCUT2D eigenvalue weighted by Crippen LogP contribution is 2.12. The van der Waals surface area contributed by atoms with E-state index in [0.29, 0.717) is 31.0 Å². The van der Waals surface area contributed by atoms with Gasteiger partial charge in [0.25, 0.3) is 5.91 Å². The molecular weight excluding hydrogens is 184 g/mol. The van der Waals surface area contributed by atoms with Gasteiger partial charge in [0.05, 0.1) is 6.10 Å². The zero-order valence-electron chi connectivity index (χ0n) is 7.60. The summed E-state index contributed by atoms with van der Waals surface area (Å²) in [5.41, 5.74) is 5.75. The molecule has 1 atom stereocenters. The van der Waals surface area contributed by atoms with Crippen LogP contribution in [0.15, 0.2) is 6.07 Å². The van der Waals surface area contributed by atoms with Crippen LogP contribution in [0, 0.1) is 0 Å². The molecule has 6 heteroatoms. The van der Waals surface area contributed by atoms with Gasteiger partial charge < -0.3 is 15.7 Å². The van der Waals surface area contributed by atoms with Gasteiger partial charge in [-0.15, -0.1) is 0 Å². The number of amides is 1. The number of nitrogens with zero attached hydrogens (tertiary/aromatic N) is 2. The molecule has 0 radical (unpaired) electrons. The molecule has 0 saturated carbocycles. The highest BCUT2D eigenvalue weighted by molar-refractivity contribution is 5.93. The molecule has 4 N–H and O–H groups in total. The van der Waals surface area contributed by atoms with E-state index in [4.69, 9.17) is 5.73 Å². The number of anilines is 1. The predicted octanol–water partition coefficient (Wildman–Crippen LogP) is -0.801. The summed E-state index contributed by atoms with van der Waals surface area (Å²) < 4.78 is 0. The van der Waals surface area contributed by atoms with Crippen molar-refractivity contribution < 1.29 is 9.90 Å². The first kappa shape index (κ1) is 9.01. The van der Waals surface area contributed by atoms with Crippen molar-refractivity contribution >= 4 is 11.7 Å². The number of β-amino-alcohol motifs (C(OH)–C–C–N with tert-alkyl or cyclic N) is 1. The van der Waals surface area contributed by atoms with Crippen molar-refractivity contribution in [2.45, 2.75) is 12.5 Å². The van der Waals surface area contributed by atoms with Gasteiger partial charge in [0.2, 0.25) is 0 Å². The SMILES string of the molecule is Nc1cc(C(=O)N2CC[C@@H](O)C2)[nH]n1. The number of likely N-dealkylation sites (tertiary alicyclic amines) is 1. The monoisotopic (exact) mass is 196 g/mol. The number of aliphatic hydroxyl groups excluding tert-OH is 1. The van der Waals surface area contributed by atoms with Crippen molar-refractivity contribution in [1.29, 1.82) is 0 Å². The van der Waals surface area contributed by atoms with Crippen molar-refractivity contribution in [2.24, 2.45) is 0 Å². The molecule has 76 valence electrons. The Kier molecular flexibility index (Phi) is 2.12. The summed E-state index contributed by atoms with van der Waals surface area (Å²) in [6.07, 6.45) is 0.231. The summed E-state index contributed by atoms with van der Waals surface area (Å²) in [7, 11) is 0. The van der Waals surface area contributed by atoms with Crippen molar-refractivity contribution in [3.8, 4) is 0 Å².